The number of nitrogens with zero attached hydrogens (tertiary/aromatic N) is 1. The molecule has 0 spiro atoms. The van der Waals surface area contributed by atoms with E-state index in [1.807, 2.05) is 11.8 Å². The lowest BCUT2D eigenvalue weighted by atomic mass is 10.2. The summed E-state index contributed by atoms with van der Waals surface area (Å²) in [7, 11) is 0. The van der Waals surface area contributed by atoms with Gasteiger partial charge in [-0.05, 0) is 31.0 Å². The number of amides is 2. The fourth-order valence-electron chi connectivity index (χ4n) is 2.80. The molecule has 0 bridgehead atoms. The van der Waals surface area contributed by atoms with Crippen LogP contribution in [0.15, 0.2) is 18.2 Å². The van der Waals surface area contributed by atoms with E-state index in [0.29, 0.717) is 24.5 Å². The molecule has 1 aliphatic rings. The molecular formula is C17H22N2O5. The maximum Gasteiger partial charge on any atom is 0.335 e. The largest absolute Gasteiger partial charge is 0.489 e. The lowest BCUT2D eigenvalue weighted by molar-refractivity contribution is -0.132. The van der Waals surface area contributed by atoms with Gasteiger partial charge >= 0.3 is 5.97 Å². The Morgan fingerprint density at radius 1 is 1.38 bits per heavy atom. The Labute approximate surface area is 140 Å². The number of aromatic carboxylic acids is 1. The number of benzene rings is 1. The van der Waals surface area contributed by atoms with E-state index in [0.717, 1.165) is 19.4 Å². The van der Waals surface area contributed by atoms with E-state index < -0.39 is 5.97 Å². The topological polar surface area (TPSA) is 95.9 Å². The van der Waals surface area contributed by atoms with Crippen LogP contribution in [0.2, 0.25) is 0 Å². The van der Waals surface area contributed by atoms with Gasteiger partial charge in [-0.3, -0.25) is 9.59 Å². The summed E-state index contributed by atoms with van der Waals surface area (Å²) in [5.41, 5.74) is 0.378. The maximum absolute atomic E-state index is 11.9. The van der Waals surface area contributed by atoms with Gasteiger partial charge in [0.15, 0.2) is 0 Å². The third-order valence-corrected chi connectivity index (χ3v) is 3.97. The van der Waals surface area contributed by atoms with Gasteiger partial charge in [0.1, 0.15) is 12.4 Å². The van der Waals surface area contributed by atoms with Crippen molar-refractivity contribution in [3.63, 3.8) is 0 Å². The third-order valence-electron chi connectivity index (χ3n) is 3.97. The predicted molar refractivity (Wildman–Crippen MR) is 88.2 cm³/mol. The fourth-order valence-corrected chi connectivity index (χ4v) is 2.80. The molecule has 7 nitrogen and oxygen atoms in total. The van der Waals surface area contributed by atoms with Crippen molar-refractivity contribution in [3.05, 3.63) is 23.8 Å². The summed E-state index contributed by atoms with van der Waals surface area (Å²) >= 11 is 0. The van der Waals surface area contributed by atoms with Crippen LogP contribution in [0, 0.1) is 0 Å². The number of carbonyl (C=O) groups is 3. The van der Waals surface area contributed by atoms with Gasteiger partial charge in [-0.2, -0.15) is 0 Å². The summed E-state index contributed by atoms with van der Waals surface area (Å²) in [6.07, 6.45) is 2.27. The SMILES string of the molecule is CCC(=O)N1CCC[C@H]1COc1ccc(C(=O)O)cc1NC(C)=O. The maximum atomic E-state index is 11.9. The summed E-state index contributed by atoms with van der Waals surface area (Å²) in [5, 5.41) is 11.6. The van der Waals surface area contributed by atoms with Gasteiger partial charge in [-0.1, -0.05) is 6.92 Å². The zero-order valence-corrected chi connectivity index (χ0v) is 13.9. The van der Waals surface area contributed by atoms with Crippen LogP contribution in [0.4, 0.5) is 5.69 Å². The molecule has 1 aliphatic heterocycles. The quantitative estimate of drug-likeness (QED) is 0.831. The highest BCUT2D eigenvalue weighted by Gasteiger charge is 2.28. The molecule has 24 heavy (non-hydrogen) atoms. The number of nitrogens with one attached hydrogen (secondary N) is 1. The molecule has 7 heteroatoms. The van der Waals surface area contributed by atoms with E-state index in [1.165, 1.54) is 25.1 Å². The standard InChI is InChI=1S/C17H22N2O5/c1-3-16(21)19-8-4-5-13(19)10-24-15-7-6-12(17(22)23)9-14(15)18-11(2)20/h6-7,9,13H,3-5,8,10H2,1-2H3,(H,18,20)(H,22,23)/t13-/m0/s1. The molecule has 1 heterocycles. The van der Waals surface area contributed by atoms with Crippen LogP contribution in [-0.2, 0) is 9.59 Å². The molecule has 2 amide bonds. The lowest BCUT2D eigenvalue weighted by Crippen LogP contribution is -2.38. The second-order valence-electron chi connectivity index (χ2n) is 5.75. The van der Waals surface area contributed by atoms with Crippen molar-refractivity contribution in [1.82, 2.24) is 4.90 Å². The van der Waals surface area contributed by atoms with Crippen LogP contribution >= 0.6 is 0 Å². The second-order valence-corrected chi connectivity index (χ2v) is 5.75. The molecule has 0 saturated carbocycles. The van der Waals surface area contributed by atoms with Crippen LogP contribution < -0.4 is 10.1 Å². The summed E-state index contributed by atoms with van der Waals surface area (Å²) in [4.78, 5) is 36.1. The first-order valence-corrected chi connectivity index (χ1v) is 7.99. The Hall–Kier alpha value is -2.57. The molecule has 0 radical (unpaired) electrons. The highest BCUT2D eigenvalue weighted by atomic mass is 16.5. The van der Waals surface area contributed by atoms with Gasteiger partial charge in [0, 0.05) is 19.9 Å². The molecule has 0 aliphatic carbocycles. The van der Waals surface area contributed by atoms with Gasteiger partial charge in [-0.25, -0.2) is 4.79 Å². The van der Waals surface area contributed by atoms with Crippen molar-refractivity contribution in [2.24, 2.45) is 0 Å². The van der Waals surface area contributed by atoms with E-state index >= 15 is 0 Å². The molecule has 130 valence electrons. The molecule has 0 unspecified atom stereocenters. The first-order valence-electron chi connectivity index (χ1n) is 7.99. The number of carboxylic acid groups (broad SMARTS) is 1. The smallest absolute Gasteiger partial charge is 0.335 e. The Morgan fingerprint density at radius 3 is 2.75 bits per heavy atom. The minimum Gasteiger partial charge on any atom is -0.489 e. The molecule has 1 aromatic carbocycles. The Balaban J connectivity index is 2.12. The van der Waals surface area contributed by atoms with E-state index in [4.69, 9.17) is 9.84 Å². The van der Waals surface area contributed by atoms with Crippen LogP contribution in [-0.4, -0.2) is 47.0 Å². The molecule has 1 saturated heterocycles. The van der Waals surface area contributed by atoms with E-state index in [-0.39, 0.29) is 23.4 Å². The summed E-state index contributed by atoms with van der Waals surface area (Å²) in [6.45, 7) is 4.22. The zero-order valence-electron chi connectivity index (χ0n) is 13.9. The number of hydrogen-bond acceptors (Lipinski definition) is 4. The molecule has 1 atom stereocenters. The third kappa shape index (κ3) is 4.24. The summed E-state index contributed by atoms with van der Waals surface area (Å²) in [5.74, 6) is -0.898. The highest BCUT2D eigenvalue weighted by molar-refractivity contribution is 5.94. The number of hydrogen-bond donors (Lipinski definition) is 2. The number of ether oxygens (including phenoxy) is 1. The minimum absolute atomic E-state index is 0.00165. The van der Waals surface area contributed by atoms with Crippen molar-refractivity contribution >= 4 is 23.5 Å². The Bertz CT molecular complexity index is 644. The predicted octanol–water partition coefficient (Wildman–Crippen LogP) is 2.12. The second kappa shape index (κ2) is 7.81. The minimum atomic E-state index is -1.08. The van der Waals surface area contributed by atoms with Crippen molar-refractivity contribution in [2.75, 3.05) is 18.5 Å². The van der Waals surface area contributed by atoms with Crippen molar-refractivity contribution in [2.45, 2.75) is 39.2 Å². The molecule has 2 N–H and O–H groups in total. The average molecular weight is 334 g/mol. The van der Waals surface area contributed by atoms with Gasteiger partial charge in [0.25, 0.3) is 0 Å². The van der Waals surface area contributed by atoms with Crippen LogP contribution in [0.1, 0.15) is 43.5 Å². The summed E-state index contributed by atoms with van der Waals surface area (Å²) in [6, 6.07) is 4.31. The first kappa shape index (κ1) is 17.8. The molecular weight excluding hydrogens is 312 g/mol. The van der Waals surface area contributed by atoms with Gasteiger partial charge < -0.3 is 20.1 Å². The van der Waals surface area contributed by atoms with Crippen molar-refractivity contribution < 1.29 is 24.2 Å². The van der Waals surface area contributed by atoms with E-state index in [2.05, 4.69) is 5.32 Å². The highest BCUT2D eigenvalue weighted by Crippen LogP contribution is 2.27. The Kier molecular flexibility index (Phi) is 5.78. The lowest BCUT2D eigenvalue weighted by Gasteiger charge is -2.25. The van der Waals surface area contributed by atoms with Crippen molar-refractivity contribution in [3.8, 4) is 5.75 Å². The molecule has 1 aromatic rings. The van der Waals surface area contributed by atoms with Crippen molar-refractivity contribution in [1.29, 1.82) is 0 Å². The van der Waals surface area contributed by atoms with E-state index in [1.54, 1.807) is 0 Å². The van der Waals surface area contributed by atoms with Gasteiger partial charge in [0.05, 0.1) is 17.3 Å². The van der Waals surface area contributed by atoms with Crippen LogP contribution in [0.3, 0.4) is 0 Å². The molecule has 2 rings (SSSR count). The van der Waals surface area contributed by atoms with Crippen LogP contribution in [0.5, 0.6) is 5.75 Å². The van der Waals surface area contributed by atoms with Crippen LogP contribution in [0.25, 0.3) is 0 Å². The fraction of sp³-hybridized carbons (Fsp3) is 0.471. The normalized spacial score (nSPS) is 16.8. The van der Waals surface area contributed by atoms with E-state index in [9.17, 15) is 14.4 Å². The zero-order chi connectivity index (χ0) is 17.7. The number of carbonyl (C=O) groups excluding carboxylic acids is 2. The van der Waals surface area contributed by atoms with Gasteiger partial charge in [-0.15, -0.1) is 0 Å². The number of anilines is 1. The first-order chi connectivity index (χ1) is 11.4. The monoisotopic (exact) mass is 334 g/mol. The summed E-state index contributed by atoms with van der Waals surface area (Å²) < 4.78 is 5.78. The number of carboxylic acids is 1. The Morgan fingerprint density at radius 2 is 2.12 bits per heavy atom. The molecule has 0 aromatic heterocycles. The molecule has 1 fully saturated rings. The number of likely N-dealkylation sites (tertiary alicyclic amines) is 1. The number of rotatable bonds is 6. The average Bonchev–Trinajstić information content (AvgIpc) is 3.00. The van der Waals surface area contributed by atoms with Gasteiger partial charge in [0.2, 0.25) is 11.8 Å².